The van der Waals surface area contributed by atoms with Crippen molar-refractivity contribution in [1.29, 1.82) is 0 Å². The van der Waals surface area contributed by atoms with Crippen LogP contribution in [0.2, 0.25) is 0 Å². The maximum atomic E-state index is 12.1. The van der Waals surface area contributed by atoms with Gasteiger partial charge in [0.25, 0.3) is 11.4 Å². The van der Waals surface area contributed by atoms with Crippen LogP contribution in [0.25, 0.3) is 33.0 Å². The van der Waals surface area contributed by atoms with E-state index in [9.17, 15) is 34.9 Å². The number of anilines is 2. The zero-order valence-corrected chi connectivity index (χ0v) is 41.2. The number of hydrogen-bond acceptors (Lipinski definition) is 13. The number of fused-ring (bicyclic) bond motifs is 2. The number of allylic oxidation sites excluding steroid dienone is 4. The number of aryl methyl sites for hydroxylation is 6. The van der Waals surface area contributed by atoms with Crippen LogP contribution in [0.1, 0.15) is 128 Å². The minimum Gasteiger partial charge on any atom is -0.481 e. The summed E-state index contributed by atoms with van der Waals surface area (Å²) in [6, 6.07) is 18.1. The first-order chi connectivity index (χ1) is 33.3. The van der Waals surface area contributed by atoms with Gasteiger partial charge in [-0.3, -0.25) is 29.8 Å². The number of carbonyl (C=O) groups excluding carboxylic acids is 1. The van der Waals surface area contributed by atoms with Crippen LogP contribution in [0.5, 0.6) is 0 Å². The summed E-state index contributed by atoms with van der Waals surface area (Å²) in [5.74, 6) is 1.36. The molecular formula is C54H60N8O8. The second-order valence-electron chi connectivity index (χ2n) is 18.5. The van der Waals surface area contributed by atoms with Gasteiger partial charge < -0.3 is 20.5 Å². The fraction of sp³-hybridized carbons (Fsp3) is 0.370. The van der Waals surface area contributed by atoms with Crippen LogP contribution in [0.4, 0.5) is 23.0 Å². The lowest BCUT2D eigenvalue weighted by Crippen LogP contribution is -2.19. The Labute approximate surface area is 407 Å². The van der Waals surface area contributed by atoms with E-state index in [0.717, 1.165) is 84.7 Å². The molecule has 0 saturated heterocycles. The molecule has 4 atom stereocenters. The van der Waals surface area contributed by atoms with Gasteiger partial charge in [-0.15, -0.1) is 0 Å². The molecule has 8 rings (SSSR count). The molecule has 6 aromatic rings. The van der Waals surface area contributed by atoms with E-state index in [1.807, 2.05) is 79.7 Å². The van der Waals surface area contributed by atoms with Crippen molar-refractivity contribution in [2.24, 2.45) is 11.8 Å². The number of carboxylic acid groups (broad SMARTS) is 1. The minimum absolute atomic E-state index is 0.0641. The van der Waals surface area contributed by atoms with Gasteiger partial charge in [0.2, 0.25) is 0 Å². The highest BCUT2D eigenvalue weighted by atomic mass is 16.6. The van der Waals surface area contributed by atoms with Crippen molar-refractivity contribution in [3.8, 4) is 0 Å². The molecule has 4 aromatic carbocycles. The van der Waals surface area contributed by atoms with Crippen molar-refractivity contribution in [2.45, 2.75) is 113 Å². The summed E-state index contributed by atoms with van der Waals surface area (Å²) in [7, 11) is 0. The van der Waals surface area contributed by atoms with Gasteiger partial charge in [0.05, 0.1) is 51.4 Å². The van der Waals surface area contributed by atoms with E-state index >= 15 is 0 Å². The number of esters is 1. The van der Waals surface area contributed by atoms with Crippen molar-refractivity contribution < 1.29 is 29.3 Å². The molecule has 16 heteroatoms. The fourth-order valence-corrected chi connectivity index (χ4v) is 9.43. The lowest BCUT2D eigenvalue weighted by molar-refractivity contribution is -0.385. The Bertz CT molecular complexity index is 3110. The zero-order valence-electron chi connectivity index (χ0n) is 41.2. The van der Waals surface area contributed by atoms with Crippen LogP contribution < -0.4 is 10.6 Å². The van der Waals surface area contributed by atoms with E-state index in [0.29, 0.717) is 55.6 Å². The van der Waals surface area contributed by atoms with Gasteiger partial charge in [0.1, 0.15) is 23.3 Å². The predicted molar refractivity (Wildman–Crippen MR) is 273 cm³/mol. The Morgan fingerprint density at radius 2 is 1.09 bits per heavy atom. The van der Waals surface area contributed by atoms with E-state index < -0.39 is 5.97 Å². The number of non-ortho nitro benzene ring substituents is 2. The molecule has 0 amide bonds. The summed E-state index contributed by atoms with van der Waals surface area (Å²) in [6.07, 6.45) is 8.28. The average Bonchev–Trinajstić information content (AvgIpc) is 3.31. The number of nitrogens with zero attached hydrogens (tertiary/aromatic N) is 6. The van der Waals surface area contributed by atoms with Gasteiger partial charge in [-0.2, -0.15) is 0 Å². The highest BCUT2D eigenvalue weighted by molar-refractivity contribution is 5.94. The normalized spacial score (nSPS) is 16.5. The van der Waals surface area contributed by atoms with Gasteiger partial charge in [-0.1, -0.05) is 24.3 Å². The molecule has 2 aliphatic rings. The molecule has 0 bridgehead atoms. The molecule has 2 aliphatic carbocycles. The van der Waals surface area contributed by atoms with Gasteiger partial charge in [-0.05, 0) is 181 Å². The number of aromatic nitrogens is 4. The van der Waals surface area contributed by atoms with Crippen molar-refractivity contribution in [2.75, 3.05) is 17.2 Å². The molecule has 2 aromatic heterocycles. The molecule has 16 nitrogen and oxygen atoms in total. The smallest absolute Gasteiger partial charge is 0.309 e. The number of hydrogen-bond donors (Lipinski definition) is 3. The zero-order chi connectivity index (χ0) is 50.6. The number of benzene rings is 4. The molecule has 0 aliphatic heterocycles. The molecule has 70 heavy (non-hydrogen) atoms. The highest BCUT2D eigenvalue weighted by Crippen LogP contribution is 2.38. The Balaban J connectivity index is 0.000000207. The van der Waals surface area contributed by atoms with E-state index in [2.05, 4.69) is 61.8 Å². The Morgan fingerprint density at radius 3 is 1.46 bits per heavy atom. The topological polar surface area (TPSA) is 225 Å². The van der Waals surface area contributed by atoms with Gasteiger partial charge in [-0.25, -0.2) is 19.9 Å². The number of ether oxygens (including phenoxy) is 1. The highest BCUT2D eigenvalue weighted by Gasteiger charge is 2.26. The molecule has 2 heterocycles. The molecule has 0 fully saturated rings. The Morgan fingerprint density at radius 1 is 0.657 bits per heavy atom. The van der Waals surface area contributed by atoms with Gasteiger partial charge in [0.15, 0.2) is 0 Å². The van der Waals surface area contributed by atoms with Crippen molar-refractivity contribution in [3.63, 3.8) is 0 Å². The van der Waals surface area contributed by atoms with Crippen LogP contribution in [0, 0.1) is 73.6 Å². The summed E-state index contributed by atoms with van der Waals surface area (Å²) in [4.78, 5) is 64.0. The van der Waals surface area contributed by atoms with Crippen molar-refractivity contribution in [3.05, 3.63) is 149 Å². The van der Waals surface area contributed by atoms with Gasteiger partial charge >= 0.3 is 11.9 Å². The largest absolute Gasteiger partial charge is 0.481 e. The first-order valence-corrected chi connectivity index (χ1v) is 23.7. The molecule has 364 valence electrons. The van der Waals surface area contributed by atoms with Crippen molar-refractivity contribution >= 4 is 67.9 Å². The second kappa shape index (κ2) is 21.3. The third-order valence-electron chi connectivity index (χ3n) is 13.1. The summed E-state index contributed by atoms with van der Waals surface area (Å²) in [6.45, 7) is 17.7. The van der Waals surface area contributed by atoms with E-state index in [4.69, 9.17) is 4.74 Å². The lowest BCUT2D eigenvalue weighted by atomic mass is 9.85. The van der Waals surface area contributed by atoms with Crippen LogP contribution in [0.15, 0.2) is 72.8 Å². The fourth-order valence-electron chi connectivity index (χ4n) is 9.43. The maximum absolute atomic E-state index is 12.1. The second-order valence-corrected chi connectivity index (χ2v) is 18.5. The first kappa shape index (κ1) is 50.3. The van der Waals surface area contributed by atoms with Crippen LogP contribution >= 0.6 is 0 Å². The number of aliphatic carboxylic acids is 1. The molecular weight excluding hydrogens is 889 g/mol. The van der Waals surface area contributed by atoms with Crippen LogP contribution in [-0.4, -0.2) is 53.4 Å². The molecule has 0 spiro atoms. The quantitative estimate of drug-likeness (QED) is 0.0556. The van der Waals surface area contributed by atoms with E-state index in [1.54, 1.807) is 24.3 Å². The summed E-state index contributed by atoms with van der Waals surface area (Å²) in [5, 5.41) is 40.6. The SMILES string of the molecule is CCOC(=O)C1CC=C(c2cc3c(N[C@H](C)c4cc(C)cc([N+](=O)[O-])c4)nc(C)nc3cc2C)CC1.Cc1cc([C@@H](C)Nc2nc(C)nc3cc(C)c(C4=CCC(C(=O)O)CC4)cc23)cc([N+](=O)[O-])c1. The lowest BCUT2D eigenvalue weighted by Gasteiger charge is -2.22. The minimum atomic E-state index is -0.744. The van der Waals surface area contributed by atoms with E-state index in [-0.39, 0.29) is 51.1 Å². The van der Waals surface area contributed by atoms with Crippen LogP contribution in [-0.2, 0) is 14.3 Å². The maximum Gasteiger partial charge on any atom is 0.309 e. The van der Waals surface area contributed by atoms with Crippen molar-refractivity contribution in [1.82, 2.24) is 19.9 Å². The number of carboxylic acids is 1. The number of nitro benzene ring substituents is 2. The van der Waals surface area contributed by atoms with E-state index in [1.165, 1.54) is 5.57 Å². The number of rotatable bonds is 13. The predicted octanol–water partition coefficient (Wildman–Crippen LogP) is 12.3. The standard InChI is InChI=1S/C28H32N4O4.C26H28N4O4/c1-6-36-28(33)21-9-7-20(8-10-21)24-15-25-26(13-17(24)3)30-19(5)31-27(25)29-18(4)22-11-16(2)12-23(14-22)32(34)35;1-14-9-20(12-21(10-14)30(33)34)16(3)27-25-23-13-22(15(2)11-24(23)28-17(4)29-25)18-5-7-19(8-6-18)26(31)32/h7,11-15,18,21H,6,8-10H2,1-5H3,(H,29,30,31);5,9-13,16,19H,6-8H2,1-4H3,(H,31,32)(H,27,28,29)/t18-,21?;16-,19?/m11/s1. The molecule has 0 saturated carbocycles. The average molecular weight is 949 g/mol. The van der Waals surface area contributed by atoms with Gasteiger partial charge in [0, 0.05) is 35.0 Å². The number of nitro groups is 2. The summed E-state index contributed by atoms with van der Waals surface area (Å²) >= 11 is 0. The molecule has 2 unspecified atom stereocenters. The summed E-state index contributed by atoms with van der Waals surface area (Å²) < 4.78 is 5.20. The molecule has 0 radical (unpaired) electrons. The Hall–Kier alpha value is -7.62. The third kappa shape index (κ3) is 11.6. The van der Waals surface area contributed by atoms with Crippen LogP contribution in [0.3, 0.4) is 0 Å². The third-order valence-corrected chi connectivity index (χ3v) is 13.1. The monoisotopic (exact) mass is 948 g/mol. The summed E-state index contributed by atoms with van der Waals surface area (Å²) in [5.41, 5.74) is 11.8. The first-order valence-electron chi connectivity index (χ1n) is 23.7. The number of nitrogens with one attached hydrogen (secondary N) is 2. The Kier molecular flexibility index (Phi) is 15.3. The number of carbonyl (C=O) groups is 2. The molecule has 3 N–H and O–H groups in total.